The highest BCUT2D eigenvalue weighted by Gasteiger charge is 2.28. The van der Waals surface area contributed by atoms with Crippen LogP contribution in [0, 0.1) is 18.7 Å². The smallest absolute Gasteiger partial charge is 0.323 e. The molecule has 0 aliphatic heterocycles. The molecule has 2 N–H and O–H groups in total. The minimum Gasteiger partial charge on any atom is -0.480 e. The largest absolute Gasteiger partial charge is 0.480 e. The molecule has 1 aromatic carbocycles. The number of halogens is 2. The number of nitrogens with one attached hydrogen (secondary N) is 1. The number of hydrogen-bond acceptors (Lipinski definition) is 2. The van der Waals surface area contributed by atoms with Crippen molar-refractivity contribution in [3.63, 3.8) is 0 Å². The highest BCUT2D eigenvalue weighted by Crippen LogP contribution is 2.30. The first kappa shape index (κ1) is 15.8. The van der Waals surface area contributed by atoms with Gasteiger partial charge in [-0.2, -0.15) is 0 Å². The second-order valence-electron chi connectivity index (χ2n) is 5.23. The van der Waals surface area contributed by atoms with Gasteiger partial charge in [0.15, 0.2) is 0 Å². The number of carboxylic acids is 1. The quantitative estimate of drug-likeness (QED) is 0.848. The number of rotatable bonds is 5. The van der Waals surface area contributed by atoms with Gasteiger partial charge in [0.2, 0.25) is 0 Å². The molecule has 0 aromatic heterocycles. The lowest BCUT2D eigenvalue weighted by atomic mass is 10.2. The Morgan fingerprint density at radius 2 is 2.14 bits per heavy atom. The van der Waals surface area contributed by atoms with E-state index >= 15 is 0 Å². The van der Waals surface area contributed by atoms with Gasteiger partial charge in [-0.25, -0.2) is 9.18 Å². The Kier molecular flexibility index (Phi) is 4.82. The molecule has 1 saturated carbocycles. The number of carbonyl (C=O) groups excluding carboxylic acids is 1. The van der Waals surface area contributed by atoms with Crippen LogP contribution in [0.4, 0.5) is 14.9 Å². The van der Waals surface area contributed by atoms with Gasteiger partial charge in [-0.1, -0.05) is 0 Å². The Labute approximate surface area is 130 Å². The highest BCUT2D eigenvalue weighted by molar-refractivity contribution is 9.10. The number of urea groups is 1. The van der Waals surface area contributed by atoms with Crippen molar-refractivity contribution in [1.29, 1.82) is 0 Å². The van der Waals surface area contributed by atoms with E-state index in [0.29, 0.717) is 28.2 Å². The van der Waals surface area contributed by atoms with Gasteiger partial charge in [0.05, 0.1) is 4.47 Å². The number of aryl methyl sites for hydroxylation is 1. The number of aliphatic carboxylic acids is 1. The molecule has 0 atom stereocenters. The van der Waals surface area contributed by atoms with Gasteiger partial charge >= 0.3 is 12.0 Å². The number of carbonyl (C=O) groups is 2. The summed E-state index contributed by atoms with van der Waals surface area (Å²) in [5.74, 6) is -1.18. The fourth-order valence-corrected chi connectivity index (χ4v) is 2.43. The van der Waals surface area contributed by atoms with E-state index in [9.17, 15) is 14.0 Å². The summed E-state index contributed by atoms with van der Waals surface area (Å²) in [7, 11) is 0. The zero-order chi connectivity index (χ0) is 15.6. The van der Waals surface area contributed by atoms with Crippen LogP contribution < -0.4 is 5.32 Å². The molecule has 0 radical (unpaired) electrons. The summed E-state index contributed by atoms with van der Waals surface area (Å²) in [6, 6.07) is 2.26. The molecule has 0 spiro atoms. The van der Waals surface area contributed by atoms with Gasteiger partial charge in [-0.15, -0.1) is 0 Å². The normalized spacial score (nSPS) is 13.9. The van der Waals surface area contributed by atoms with E-state index in [1.54, 1.807) is 13.0 Å². The third-order valence-electron chi connectivity index (χ3n) is 3.30. The van der Waals surface area contributed by atoms with E-state index in [1.807, 2.05) is 0 Å². The third-order valence-corrected chi connectivity index (χ3v) is 3.91. The average Bonchev–Trinajstić information content (AvgIpc) is 3.18. The average molecular weight is 359 g/mol. The maximum atomic E-state index is 13.5. The van der Waals surface area contributed by atoms with Crippen LogP contribution in [0.15, 0.2) is 16.6 Å². The molecule has 0 unspecified atom stereocenters. The summed E-state index contributed by atoms with van der Waals surface area (Å²) in [6.07, 6.45) is 2.02. The number of benzene rings is 1. The minimum absolute atomic E-state index is 0.318. The van der Waals surface area contributed by atoms with Crippen LogP contribution in [0.5, 0.6) is 0 Å². The molecule has 1 aliphatic carbocycles. The molecule has 1 fully saturated rings. The number of hydrogen-bond donors (Lipinski definition) is 2. The Morgan fingerprint density at radius 1 is 1.48 bits per heavy atom. The van der Waals surface area contributed by atoms with Crippen molar-refractivity contribution in [2.45, 2.75) is 19.8 Å². The van der Waals surface area contributed by atoms with Crippen molar-refractivity contribution < 1.29 is 19.1 Å². The van der Waals surface area contributed by atoms with Crippen molar-refractivity contribution in [3.8, 4) is 0 Å². The highest BCUT2D eigenvalue weighted by atomic mass is 79.9. The molecule has 0 saturated heterocycles. The van der Waals surface area contributed by atoms with Crippen LogP contribution in [-0.4, -0.2) is 35.1 Å². The lowest BCUT2D eigenvalue weighted by Crippen LogP contribution is -2.40. The van der Waals surface area contributed by atoms with Crippen LogP contribution >= 0.6 is 15.9 Å². The first-order valence-corrected chi connectivity index (χ1v) is 7.39. The predicted molar refractivity (Wildman–Crippen MR) is 79.8 cm³/mol. The van der Waals surface area contributed by atoms with Crippen molar-refractivity contribution >= 4 is 33.6 Å². The van der Waals surface area contributed by atoms with Gasteiger partial charge in [-0.3, -0.25) is 4.79 Å². The maximum absolute atomic E-state index is 13.5. The molecule has 21 heavy (non-hydrogen) atoms. The van der Waals surface area contributed by atoms with Gasteiger partial charge < -0.3 is 15.3 Å². The first-order chi connectivity index (χ1) is 9.86. The number of nitrogens with zero attached hydrogens (tertiary/aromatic N) is 1. The molecule has 114 valence electrons. The fraction of sp³-hybridized carbons (Fsp3) is 0.429. The van der Waals surface area contributed by atoms with E-state index < -0.39 is 17.8 Å². The molecule has 1 aliphatic rings. The first-order valence-electron chi connectivity index (χ1n) is 6.60. The van der Waals surface area contributed by atoms with Gasteiger partial charge in [0.25, 0.3) is 0 Å². The SMILES string of the molecule is Cc1cc(Br)c(F)cc1NC(=O)N(CC(=O)O)CC1CC1. The van der Waals surface area contributed by atoms with E-state index in [2.05, 4.69) is 21.2 Å². The van der Waals surface area contributed by atoms with Crippen LogP contribution in [0.3, 0.4) is 0 Å². The van der Waals surface area contributed by atoms with Crippen molar-refractivity contribution in [3.05, 3.63) is 28.0 Å². The van der Waals surface area contributed by atoms with E-state index in [1.165, 1.54) is 11.0 Å². The van der Waals surface area contributed by atoms with Crippen LogP contribution in [0.1, 0.15) is 18.4 Å². The standard InChI is InChI=1S/C14H16BrFN2O3/c1-8-4-10(15)11(16)5-12(8)17-14(21)18(7-13(19)20)6-9-2-3-9/h4-5,9H,2-3,6-7H2,1H3,(H,17,21)(H,19,20). The summed E-state index contributed by atoms with van der Waals surface area (Å²) in [4.78, 5) is 24.3. The second-order valence-corrected chi connectivity index (χ2v) is 6.08. The Bertz CT molecular complexity index is 576. The lowest BCUT2D eigenvalue weighted by Gasteiger charge is -2.21. The summed E-state index contributed by atoms with van der Waals surface area (Å²) >= 11 is 3.07. The van der Waals surface area contributed by atoms with Crippen molar-refractivity contribution in [2.75, 3.05) is 18.4 Å². The van der Waals surface area contributed by atoms with Gasteiger partial charge in [0, 0.05) is 12.2 Å². The zero-order valence-electron chi connectivity index (χ0n) is 11.5. The summed E-state index contributed by atoms with van der Waals surface area (Å²) < 4.78 is 13.9. The summed E-state index contributed by atoms with van der Waals surface area (Å²) in [5.41, 5.74) is 1.03. The third kappa shape index (κ3) is 4.42. The van der Waals surface area contributed by atoms with Crippen LogP contribution in [0.2, 0.25) is 0 Å². The minimum atomic E-state index is -1.07. The molecular weight excluding hydrogens is 343 g/mol. The van der Waals surface area contributed by atoms with E-state index in [-0.39, 0.29) is 6.54 Å². The van der Waals surface area contributed by atoms with Crippen LogP contribution in [-0.2, 0) is 4.79 Å². The summed E-state index contributed by atoms with van der Waals surface area (Å²) in [5, 5.41) is 11.5. The zero-order valence-corrected chi connectivity index (χ0v) is 13.1. The van der Waals surface area contributed by atoms with Gasteiger partial charge in [-0.05, 0) is 59.3 Å². The van der Waals surface area contributed by atoms with Crippen molar-refractivity contribution in [2.24, 2.45) is 5.92 Å². The van der Waals surface area contributed by atoms with Gasteiger partial charge in [0.1, 0.15) is 12.4 Å². The molecule has 5 nitrogen and oxygen atoms in total. The Hall–Kier alpha value is -1.63. The number of carboxylic acid groups (broad SMARTS) is 1. The molecule has 2 rings (SSSR count). The van der Waals surface area contributed by atoms with E-state index in [0.717, 1.165) is 12.8 Å². The monoisotopic (exact) mass is 358 g/mol. The number of amides is 2. The molecular formula is C14H16BrFN2O3. The Balaban J connectivity index is 2.10. The predicted octanol–water partition coefficient (Wildman–Crippen LogP) is 3.23. The molecule has 1 aromatic rings. The molecule has 7 heteroatoms. The second kappa shape index (κ2) is 6.43. The maximum Gasteiger partial charge on any atom is 0.323 e. The molecule has 2 amide bonds. The fourth-order valence-electron chi connectivity index (χ4n) is 1.97. The Morgan fingerprint density at radius 3 is 2.71 bits per heavy atom. The number of anilines is 1. The van der Waals surface area contributed by atoms with E-state index in [4.69, 9.17) is 5.11 Å². The van der Waals surface area contributed by atoms with Crippen LogP contribution in [0.25, 0.3) is 0 Å². The summed E-state index contributed by atoms with van der Waals surface area (Å²) in [6.45, 7) is 1.79. The lowest BCUT2D eigenvalue weighted by molar-refractivity contribution is -0.137. The van der Waals surface area contributed by atoms with Crippen molar-refractivity contribution in [1.82, 2.24) is 4.90 Å². The molecule has 0 bridgehead atoms. The molecule has 0 heterocycles. The topological polar surface area (TPSA) is 69.6 Å².